The minimum Gasteiger partial charge on any atom is -0.457 e. The van der Waals surface area contributed by atoms with Gasteiger partial charge in [-0.05, 0) is 49.4 Å². The van der Waals surface area contributed by atoms with E-state index in [1.54, 1.807) is 63.5 Å². The van der Waals surface area contributed by atoms with Crippen molar-refractivity contribution >= 4 is 22.9 Å². The third-order valence-electron chi connectivity index (χ3n) is 5.49. The first-order valence-electron chi connectivity index (χ1n) is 11.9. The molecular weight excluding hydrogens is 498 g/mol. The van der Waals surface area contributed by atoms with Gasteiger partial charge in [-0.15, -0.1) is 0 Å². The number of hydrogen-bond acceptors (Lipinski definition) is 8. The zero-order valence-electron chi connectivity index (χ0n) is 21.4. The van der Waals surface area contributed by atoms with E-state index in [2.05, 4.69) is 19.9 Å². The zero-order valence-corrected chi connectivity index (χ0v) is 21.4. The topological polar surface area (TPSA) is 152 Å². The number of aromatic amines is 1. The Morgan fingerprint density at radius 2 is 1.51 bits per heavy atom. The number of carbonyl (C=O) groups is 1. The van der Waals surface area contributed by atoms with Crippen molar-refractivity contribution in [3.63, 3.8) is 0 Å². The van der Waals surface area contributed by atoms with Gasteiger partial charge in [-0.1, -0.05) is 24.3 Å². The molecule has 2 heterocycles. The first-order valence-corrected chi connectivity index (χ1v) is 11.9. The number of H-pyrrole nitrogens is 1. The average Bonchev–Trinajstić information content (AvgIpc) is 3.29. The molecule has 39 heavy (non-hydrogen) atoms. The molecule has 0 saturated carbocycles. The van der Waals surface area contributed by atoms with Gasteiger partial charge in [0.2, 0.25) is 0 Å². The van der Waals surface area contributed by atoms with Crippen molar-refractivity contribution in [3.8, 4) is 34.9 Å². The SMILES string of the molecule is Cc1nc2c(Oc3cc(Oc4ccccc4)cc(C(=N)N)c3)nc(Oc3cccc(C(=O)N(C)C)c3)nc2[nH]1. The first-order chi connectivity index (χ1) is 18.7. The molecule has 11 nitrogen and oxygen atoms in total. The Morgan fingerprint density at radius 3 is 2.23 bits per heavy atom. The van der Waals surface area contributed by atoms with Crippen LogP contribution in [0, 0.1) is 12.3 Å². The van der Waals surface area contributed by atoms with Crippen LogP contribution in [0.5, 0.6) is 34.9 Å². The number of nitrogen functional groups attached to an aromatic ring is 1. The molecule has 4 N–H and O–H groups in total. The van der Waals surface area contributed by atoms with Crippen LogP contribution in [0.2, 0.25) is 0 Å². The van der Waals surface area contributed by atoms with E-state index in [1.165, 1.54) is 4.90 Å². The molecule has 2 aromatic heterocycles. The summed E-state index contributed by atoms with van der Waals surface area (Å²) < 4.78 is 18.0. The summed E-state index contributed by atoms with van der Waals surface area (Å²) in [4.78, 5) is 30.2. The van der Waals surface area contributed by atoms with Crippen molar-refractivity contribution in [2.45, 2.75) is 6.92 Å². The van der Waals surface area contributed by atoms with Crippen LogP contribution in [0.15, 0.2) is 72.8 Å². The predicted octanol–water partition coefficient (Wildman–Crippen LogP) is 5.02. The van der Waals surface area contributed by atoms with Gasteiger partial charge in [0.05, 0.1) is 0 Å². The minimum absolute atomic E-state index is 0.0147. The third-order valence-corrected chi connectivity index (χ3v) is 5.49. The van der Waals surface area contributed by atoms with Crippen LogP contribution in [0.1, 0.15) is 21.7 Å². The summed E-state index contributed by atoms with van der Waals surface area (Å²) in [5.74, 6) is 2.13. The summed E-state index contributed by atoms with van der Waals surface area (Å²) in [7, 11) is 3.35. The molecule has 0 unspecified atom stereocenters. The van der Waals surface area contributed by atoms with Crippen molar-refractivity contribution in [1.82, 2.24) is 24.8 Å². The smallest absolute Gasteiger partial charge is 0.327 e. The molecule has 0 bridgehead atoms. The fraction of sp³-hybridized carbons (Fsp3) is 0.107. The van der Waals surface area contributed by atoms with Crippen molar-refractivity contribution < 1.29 is 19.0 Å². The number of nitrogens with two attached hydrogens (primary N) is 1. The number of fused-ring (bicyclic) bond motifs is 1. The second kappa shape index (κ2) is 10.5. The van der Waals surface area contributed by atoms with Crippen LogP contribution in [0.25, 0.3) is 11.2 Å². The summed E-state index contributed by atoms with van der Waals surface area (Å²) in [6, 6.07) is 20.8. The number of aromatic nitrogens is 4. The molecule has 0 atom stereocenters. The van der Waals surface area contributed by atoms with E-state index in [0.29, 0.717) is 51.1 Å². The lowest BCUT2D eigenvalue weighted by Gasteiger charge is -2.13. The van der Waals surface area contributed by atoms with E-state index < -0.39 is 0 Å². The molecule has 0 aliphatic carbocycles. The van der Waals surface area contributed by atoms with E-state index in [1.807, 2.05) is 30.3 Å². The Hall–Kier alpha value is -5.45. The molecule has 0 saturated heterocycles. The standard InChI is InChI=1S/C28H25N7O4/c1-16-31-23-25(32-16)33-28(39-20-11-7-8-17(12-20)27(36)35(2)3)34-26(23)38-22-14-18(24(29)30)13-21(15-22)37-19-9-5-4-6-10-19/h4-15H,1-3H3,(H3,29,30)(H,31,32,33,34). The van der Waals surface area contributed by atoms with Crippen molar-refractivity contribution in [2.24, 2.45) is 5.73 Å². The zero-order chi connectivity index (χ0) is 27.5. The molecular formula is C28H25N7O4. The van der Waals surface area contributed by atoms with Crippen molar-refractivity contribution in [3.05, 3.63) is 89.7 Å². The quantitative estimate of drug-likeness (QED) is 0.189. The molecule has 0 fully saturated rings. The second-order valence-corrected chi connectivity index (χ2v) is 8.78. The van der Waals surface area contributed by atoms with Crippen molar-refractivity contribution in [1.29, 1.82) is 5.41 Å². The number of imidazole rings is 1. The molecule has 0 radical (unpaired) electrons. The van der Waals surface area contributed by atoms with Gasteiger partial charge in [0, 0.05) is 31.3 Å². The van der Waals surface area contributed by atoms with Gasteiger partial charge in [0.15, 0.2) is 11.2 Å². The normalized spacial score (nSPS) is 10.7. The maximum absolute atomic E-state index is 12.4. The molecule has 5 rings (SSSR count). The maximum atomic E-state index is 12.4. The van der Waals surface area contributed by atoms with E-state index in [4.69, 9.17) is 25.4 Å². The number of para-hydroxylation sites is 1. The van der Waals surface area contributed by atoms with E-state index in [-0.39, 0.29) is 23.6 Å². The molecule has 5 aromatic rings. The van der Waals surface area contributed by atoms with Gasteiger partial charge in [-0.3, -0.25) is 10.2 Å². The highest BCUT2D eigenvalue weighted by Gasteiger charge is 2.17. The number of carbonyl (C=O) groups excluding carboxylic acids is 1. The van der Waals surface area contributed by atoms with Crippen LogP contribution in [-0.4, -0.2) is 50.7 Å². The molecule has 1 amide bonds. The minimum atomic E-state index is -0.163. The van der Waals surface area contributed by atoms with Crippen LogP contribution in [0.4, 0.5) is 0 Å². The molecule has 3 aromatic carbocycles. The van der Waals surface area contributed by atoms with Gasteiger partial charge >= 0.3 is 6.01 Å². The summed E-state index contributed by atoms with van der Waals surface area (Å²) in [5, 5.41) is 7.93. The highest BCUT2D eigenvalue weighted by molar-refractivity contribution is 5.96. The second-order valence-electron chi connectivity index (χ2n) is 8.78. The van der Waals surface area contributed by atoms with Gasteiger partial charge in [0.25, 0.3) is 11.8 Å². The lowest BCUT2D eigenvalue weighted by atomic mass is 10.2. The number of benzene rings is 3. The van der Waals surface area contributed by atoms with Crippen LogP contribution >= 0.6 is 0 Å². The van der Waals surface area contributed by atoms with Gasteiger partial charge in [-0.2, -0.15) is 9.97 Å². The Morgan fingerprint density at radius 1 is 0.821 bits per heavy atom. The maximum Gasteiger partial charge on any atom is 0.327 e. The summed E-state index contributed by atoms with van der Waals surface area (Å²) in [6.07, 6.45) is 0. The summed E-state index contributed by atoms with van der Waals surface area (Å²) in [6.45, 7) is 1.78. The highest BCUT2D eigenvalue weighted by atomic mass is 16.5. The third kappa shape index (κ3) is 5.77. The van der Waals surface area contributed by atoms with E-state index >= 15 is 0 Å². The largest absolute Gasteiger partial charge is 0.457 e. The highest BCUT2D eigenvalue weighted by Crippen LogP contribution is 2.33. The van der Waals surface area contributed by atoms with Crippen LogP contribution in [0.3, 0.4) is 0 Å². The fourth-order valence-corrected chi connectivity index (χ4v) is 3.72. The first kappa shape index (κ1) is 25.2. The summed E-state index contributed by atoms with van der Waals surface area (Å²) in [5.41, 5.74) is 7.42. The number of nitrogens with one attached hydrogen (secondary N) is 2. The number of hydrogen-bond donors (Lipinski definition) is 3. The number of ether oxygens (including phenoxy) is 3. The van der Waals surface area contributed by atoms with Crippen LogP contribution < -0.4 is 19.9 Å². The Labute approximate surface area is 223 Å². The monoisotopic (exact) mass is 523 g/mol. The number of amides is 1. The van der Waals surface area contributed by atoms with Crippen molar-refractivity contribution in [2.75, 3.05) is 14.1 Å². The lowest BCUT2D eigenvalue weighted by molar-refractivity contribution is 0.0827. The lowest BCUT2D eigenvalue weighted by Crippen LogP contribution is -2.21. The van der Waals surface area contributed by atoms with Gasteiger partial charge < -0.3 is 29.8 Å². The van der Waals surface area contributed by atoms with Crippen LogP contribution in [-0.2, 0) is 0 Å². The Bertz CT molecular complexity index is 1680. The summed E-state index contributed by atoms with van der Waals surface area (Å²) >= 11 is 0. The Balaban J connectivity index is 1.50. The molecule has 11 heteroatoms. The fourth-order valence-electron chi connectivity index (χ4n) is 3.72. The van der Waals surface area contributed by atoms with Gasteiger partial charge in [-0.25, -0.2) is 4.98 Å². The Kier molecular flexibility index (Phi) is 6.79. The number of amidine groups is 1. The molecule has 0 spiro atoms. The number of rotatable bonds is 8. The molecule has 0 aliphatic heterocycles. The number of aryl methyl sites for hydroxylation is 1. The van der Waals surface area contributed by atoms with E-state index in [9.17, 15) is 4.79 Å². The average molecular weight is 524 g/mol. The molecule has 0 aliphatic rings. The number of nitrogens with zero attached hydrogens (tertiary/aromatic N) is 4. The predicted molar refractivity (Wildman–Crippen MR) is 145 cm³/mol. The van der Waals surface area contributed by atoms with E-state index in [0.717, 1.165) is 0 Å². The van der Waals surface area contributed by atoms with Gasteiger partial charge in [0.1, 0.15) is 34.7 Å². The molecule has 196 valence electrons.